The van der Waals surface area contributed by atoms with Gasteiger partial charge in [-0.15, -0.1) is 0 Å². The highest BCUT2D eigenvalue weighted by Crippen LogP contribution is 2.69. The van der Waals surface area contributed by atoms with E-state index in [1.807, 2.05) is 20.8 Å². The monoisotopic (exact) mass is 714 g/mol. The Hall–Kier alpha value is -0.520. The molecule has 4 fully saturated rings. The van der Waals surface area contributed by atoms with Gasteiger partial charge >= 0.3 is 41.6 Å². The van der Waals surface area contributed by atoms with E-state index in [2.05, 4.69) is 4.18 Å². The molecule has 4 N–H and O–H groups in total. The Labute approximate surface area is 259 Å². The van der Waals surface area contributed by atoms with E-state index < -0.39 is 88.5 Å². The molecule has 11 atom stereocenters. The Morgan fingerprint density at radius 2 is 1.36 bits per heavy atom. The molecule has 0 aliphatic heterocycles. The van der Waals surface area contributed by atoms with Crippen LogP contribution in [0, 0.1) is 46.3 Å². The first-order valence-corrected chi connectivity index (χ1v) is 20.0. The quantitative estimate of drug-likeness (QED) is 0.167. The molecule has 4 rings (SSSR count). The van der Waals surface area contributed by atoms with Crippen LogP contribution in [0.3, 0.4) is 0 Å². The van der Waals surface area contributed by atoms with Gasteiger partial charge in [-0.2, -0.15) is 33.7 Å². The molecule has 0 aromatic heterocycles. The van der Waals surface area contributed by atoms with Gasteiger partial charge in [0.1, 0.15) is 0 Å². The average Bonchev–Trinajstić information content (AvgIpc) is 3.18. The van der Waals surface area contributed by atoms with Crippen molar-refractivity contribution in [2.24, 2.45) is 46.3 Å². The zero-order valence-electron chi connectivity index (χ0n) is 24.6. The maximum atomic E-state index is 12.2. The maximum Gasteiger partial charge on any atom is 0.397 e. The summed E-state index contributed by atoms with van der Waals surface area (Å²) in [5, 5.41) is 0. The molecule has 44 heavy (non-hydrogen) atoms. The van der Waals surface area contributed by atoms with Crippen LogP contribution in [0.25, 0.3) is 0 Å². The van der Waals surface area contributed by atoms with Crippen LogP contribution in [0.15, 0.2) is 0 Å². The van der Waals surface area contributed by atoms with Crippen LogP contribution < -0.4 is 0 Å². The molecule has 0 spiro atoms. The first-order valence-electron chi connectivity index (χ1n) is 14.5. The molecule has 20 heteroatoms. The van der Waals surface area contributed by atoms with Crippen LogP contribution in [0.5, 0.6) is 0 Å². The van der Waals surface area contributed by atoms with Crippen molar-refractivity contribution in [3.63, 3.8) is 0 Å². The van der Waals surface area contributed by atoms with E-state index in [0.717, 1.165) is 0 Å². The molecule has 4 aliphatic rings. The second-order valence-electron chi connectivity index (χ2n) is 13.4. The summed E-state index contributed by atoms with van der Waals surface area (Å²) in [7, 11) is -19.3. The van der Waals surface area contributed by atoms with Gasteiger partial charge in [0, 0.05) is 5.41 Å². The van der Waals surface area contributed by atoms with E-state index in [1.54, 1.807) is 0 Å². The van der Waals surface area contributed by atoms with Crippen molar-refractivity contribution in [2.45, 2.75) is 96.9 Å². The Morgan fingerprint density at radius 1 is 0.750 bits per heavy atom. The molecule has 4 saturated carbocycles. The van der Waals surface area contributed by atoms with Crippen LogP contribution in [-0.4, -0.2) is 76.8 Å². The van der Waals surface area contributed by atoms with Crippen molar-refractivity contribution in [1.82, 2.24) is 0 Å². The third-order valence-corrected chi connectivity index (χ3v) is 13.2. The van der Waals surface area contributed by atoms with Gasteiger partial charge in [-0.3, -0.25) is 18.2 Å². The molecule has 0 aromatic rings. The van der Waals surface area contributed by atoms with Gasteiger partial charge in [-0.25, -0.2) is 16.7 Å². The van der Waals surface area contributed by atoms with E-state index in [9.17, 15) is 47.3 Å². The third-order valence-electron chi connectivity index (χ3n) is 11.2. The SMILES string of the molecule is C[C@H](CCCOS(=O)(=O)O)[C@H]1CC[C@H]2[C@@H]3[C@H](OS(=O)(=O)O)C[C@H]4C[C@H](OS(=O)(=O)O)CC[C@]4(C)[C@H]3C[C@H](OS(=O)(=O)O)[C@]12C. The molecule has 0 amide bonds. The number of hydrogen-bond acceptors (Lipinski definition) is 12. The van der Waals surface area contributed by atoms with Gasteiger partial charge in [0.2, 0.25) is 0 Å². The summed E-state index contributed by atoms with van der Waals surface area (Å²) in [5.74, 6) is -2.07. The highest BCUT2D eigenvalue weighted by Gasteiger charge is 2.67. The molecule has 0 radical (unpaired) electrons. The van der Waals surface area contributed by atoms with Crippen LogP contribution in [-0.2, 0) is 58.3 Å². The van der Waals surface area contributed by atoms with Gasteiger partial charge in [0.05, 0.1) is 24.9 Å². The zero-order chi connectivity index (χ0) is 33.1. The van der Waals surface area contributed by atoms with E-state index in [0.29, 0.717) is 25.7 Å². The fourth-order valence-corrected chi connectivity index (χ4v) is 11.6. The molecule has 4 aliphatic carbocycles. The summed E-state index contributed by atoms with van der Waals surface area (Å²) in [6.45, 7) is 5.43. The molecule has 0 unspecified atom stereocenters. The van der Waals surface area contributed by atoms with Gasteiger partial charge in [-0.1, -0.05) is 20.8 Å². The van der Waals surface area contributed by atoms with Crippen molar-refractivity contribution < 1.29 is 68.6 Å². The second-order valence-corrected chi connectivity index (χ2v) is 17.6. The van der Waals surface area contributed by atoms with E-state index in [-0.39, 0.29) is 56.5 Å². The zero-order valence-corrected chi connectivity index (χ0v) is 27.9. The number of rotatable bonds is 12. The smallest absolute Gasteiger partial charge is 0.264 e. The maximum absolute atomic E-state index is 12.2. The molecule has 0 saturated heterocycles. The van der Waals surface area contributed by atoms with Gasteiger partial charge in [0.15, 0.2) is 0 Å². The summed E-state index contributed by atoms with van der Waals surface area (Å²) in [5.41, 5.74) is -1.53. The molecule has 16 nitrogen and oxygen atoms in total. The lowest BCUT2D eigenvalue weighted by Gasteiger charge is -2.64. The summed E-state index contributed by atoms with van der Waals surface area (Å²) < 4.78 is 151. The standard InChI is InChI=1S/C24H42O16S4/c1-14(5-4-10-37-41(25,26)27)17-6-7-18-22-19(13-21(24(17,18)3)40-44(34,35)36)23(2)9-8-16(38-42(28,29)30)11-15(23)12-20(22)39-43(31,32)33/h14-22H,4-13H2,1-3H3,(H,25,26,27)(H,28,29,30)(H,31,32,33)(H,34,35,36)/t14-,15-,16-,17-,18+,19+,20-,21+,22+,23+,24-/m1/s1. The number of hydrogen-bond donors (Lipinski definition) is 4. The topological polar surface area (TPSA) is 254 Å². The average molecular weight is 715 g/mol. The van der Waals surface area contributed by atoms with Gasteiger partial charge in [-0.05, 0) is 98.7 Å². The Balaban J connectivity index is 1.71. The molecular formula is C24H42O16S4. The third kappa shape index (κ3) is 8.12. The normalized spacial score (nSPS) is 40.5. The highest BCUT2D eigenvalue weighted by atomic mass is 32.3. The predicted molar refractivity (Wildman–Crippen MR) is 151 cm³/mol. The minimum absolute atomic E-state index is 0.0781. The second kappa shape index (κ2) is 12.5. The summed E-state index contributed by atoms with van der Waals surface area (Å²) in [4.78, 5) is 0. The fraction of sp³-hybridized carbons (Fsp3) is 1.00. The molecule has 258 valence electrons. The van der Waals surface area contributed by atoms with Crippen LogP contribution in [0.2, 0.25) is 0 Å². The van der Waals surface area contributed by atoms with Gasteiger partial charge in [0.25, 0.3) is 0 Å². The van der Waals surface area contributed by atoms with E-state index in [1.165, 1.54) is 0 Å². The van der Waals surface area contributed by atoms with Crippen LogP contribution in [0.1, 0.15) is 78.6 Å². The minimum atomic E-state index is -4.94. The van der Waals surface area contributed by atoms with Crippen molar-refractivity contribution in [3.05, 3.63) is 0 Å². The largest absolute Gasteiger partial charge is 0.397 e. The Bertz CT molecular complexity index is 1500. The predicted octanol–water partition coefficient (Wildman–Crippen LogP) is 2.66. The summed E-state index contributed by atoms with van der Waals surface area (Å²) >= 11 is 0. The lowest BCUT2D eigenvalue weighted by molar-refractivity contribution is -0.196. The van der Waals surface area contributed by atoms with E-state index >= 15 is 0 Å². The van der Waals surface area contributed by atoms with Crippen LogP contribution >= 0.6 is 0 Å². The minimum Gasteiger partial charge on any atom is -0.264 e. The Kier molecular flexibility index (Phi) is 10.3. The van der Waals surface area contributed by atoms with Gasteiger partial charge < -0.3 is 0 Å². The molecular weight excluding hydrogens is 673 g/mol. The van der Waals surface area contributed by atoms with Crippen molar-refractivity contribution >= 4 is 41.6 Å². The van der Waals surface area contributed by atoms with Crippen molar-refractivity contribution in [1.29, 1.82) is 0 Å². The fourth-order valence-electron chi connectivity index (χ4n) is 9.64. The lowest BCUT2D eigenvalue weighted by Crippen LogP contribution is -2.63. The lowest BCUT2D eigenvalue weighted by atomic mass is 9.43. The first kappa shape index (κ1) is 36.3. The molecule has 0 aromatic carbocycles. The molecule has 0 bridgehead atoms. The van der Waals surface area contributed by atoms with E-state index in [4.69, 9.17) is 17.1 Å². The summed E-state index contributed by atoms with van der Waals surface area (Å²) in [6, 6.07) is 0. The Morgan fingerprint density at radius 3 is 1.93 bits per heavy atom. The number of fused-ring (bicyclic) bond motifs is 5. The summed E-state index contributed by atoms with van der Waals surface area (Å²) in [6.07, 6.45) is -0.227. The van der Waals surface area contributed by atoms with Crippen molar-refractivity contribution in [2.75, 3.05) is 6.61 Å². The molecule has 0 heterocycles. The highest BCUT2D eigenvalue weighted by molar-refractivity contribution is 7.81. The van der Waals surface area contributed by atoms with Crippen LogP contribution in [0.4, 0.5) is 0 Å². The first-order chi connectivity index (χ1) is 19.9. The van der Waals surface area contributed by atoms with Crippen molar-refractivity contribution in [3.8, 4) is 0 Å².